The van der Waals surface area contributed by atoms with Crippen molar-refractivity contribution in [1.82, 2.24) is 0 Å². The van der Waals surface area contributed by atoms with E-state index in [-0.39, 0.29) is 11.3 Å². The molecule has 0 aromatic heterocycles. The van der Waals surface area contributed by atoms with E-state index in [4.69, 9.17) is 0 Å². The lowest BCUT2D eigenvalue weighted by Gasteiger charge is -2.17. The summed E-state index contributed by atoms with van der Waals surface area (Å²) in [6, 6.07) is 7.20. The zero-order chi connectivity index (χ0) is 15.9. The largest absolute Gasteiger partial charge is 0.307 e. The van der Waals surface area contributed by atoms with Crippen molar-refractivity contribution in [3.8, 4) is 0 Å². The average Bonchev–Trinajstić information content (AvgIpc) is 2.92. The van der Waals surface area contributed by atoms with Gasteiger partial charge in [-0.05, 0) is 30.2 Å². The van der Waals surface area contributed by atoms with Crippen molar-refractivity contribution in [2.24, 2.45) is 0 Å². The van der Waals surface area contributed by atoms with Crippen LogP contribution in [-0.2, 0) is 6.42 Å². The van der Waals surface area contributed by atoms with E-state index in [1.54, 1.807) is 6.07 Å². The maximum absolute atomic E-state index is 13.3. The number of hydrogen-bond donors (Lipinski definition) is 0. The van der Waals surface area contributed by atoms with E-state index in [1.165, 1.54) is 23.1 Å². The molecule has 2 aromatic carbocycles. The zero-order valence-corrected chi connectivity index (χ0v) is 11.3. The normalized spacial score (nSPS) is 13.1. The van der Waals surface area contributed by atoms with Crippen LogP contribution in [0.15, 0.2) is 36.4 Å². The summed E-state index contributed by atoms with van der Waals surface area (Å²) >= 11 is 0. The first kappa shape index (κ1) is 14.1. The predicted molar refractivity (Wildman–Crippen MR) is 74.8 cm³/mol. The summed E-state index contributed by atoms with van der Waals surface area (Å²) in [6.07, 6.45) is 0.558. The second-order valence-corrected chi connectivity index (χ2v) is 4.91. The number of halogens is 2. The molecule has 0 fully saturated rings. The minimum absolute atomic E-state index is 0.00161. The van der Waals surface area contributed by atoms with Gasteiger partial charge >= 0.3 is 0 Å². The van der Waals surface area contributed by atoms with Crippen LogP contribution in [-0.4, -0.2) is 17.4 Å². The molecule has 112 valence electrons. The van der Waals surface area contributed by atoms with Crippen LogP contribution >= 0.6 is 0 Å². The molecule has 1 aliphatic heterocycles. The van der Waals surface area contributed by atoms with Crippen LogP contribution in [0.4, 0.5) is 20.2 Å². The number of fused-ring (bicyclic) bond motifs is 1. The summed E-state index contributed by atoms with van der Waals surface area (Å²) in [6.45, 7) is 0.342. The van der Waals surface area contributed by atoms with Gasteiger partial charge in [-0.2, -0.15) is 0 Å². The van der Waals surface area contributed by atoms with E-state index in [1.807, 2.05) is 0 Å². The number of carbonyl (C=O) groups excluding carboxylic acids is 1. The van der Waals surface area contributed by atoms with Crippen molar-refractivity contribution in [2.45, 2.75) is 6.42 Å². The molecule has 7 heteroatoms. The molecular formula is C15H10F2N2O3. The number of nitro benzene ring substituents is 1. The van der Waals surface area contributed by atoms with Gasteiger partial charge in [0.25, 0.3) is 11.6 Å². The van der Waals surface area contributed by atoms with Crippen molar-refractivity contribution < 1.29 is 18.5 Å². The van der Waals surface area contributed by atoms with E-state index < -0.39 is 22.5 Å². The lowest BCUT2D eigenvalue weighted by atomic mass is 10.1. The van der Waals surface area contributed by atoms with E-state index in [0.717, 1.165) is 17.7 Å². The third-order valence-corrected chi connectivity index (χ3v) is 3.59. The van der Waals surface area contributed by atoms with Crippen molar-refractivity contribution >= 4 is 17.3 Å². The number of carbonyl (C=O) groups is 1. The smallest absolute Gasteiger partial charge is 0.271 e. The Balaban J connectivity index is 1.98. The molecule has 0 N–H and O–H groups in total. The Labute approximate surface area is 123 Å². The molecule has 0 saturated carbocycles. The number of anilines is 1. The highest BCUT2D eigenvalue weighted by Crippen LogP contribution is 2.32. The zero-order valence-electron chi connectivity index (χ0n) is 11.3. The first-order valence-corrected chi connectivity index (χ1v) is 6.51. The number of nitrogens with zero attached hydrogens (tertiary/aromatic N) is 2. The van der Waals surface area contributed by atoms with Gasteiger partial charge in [0.05, 0.1) is 10.6 Å². The molecule has 0 bridgehead atoms. The minimum Gasteiger partial charge on any atom is -0.307 e. The fourth-order valence-electron chi connectivity index (χ4n) is 2.48. The number of non-ortho nitro benzene ring substituents is 1. The molecule has 3 rings (SSSR count). The highest BCUT2D eigenvalue weighted by atomic mass is 19.2. The number of hydrogen-bond acceptors (Lipinski definition) is 3. The van der Waals surface area contributed by atoms with Crippen molar-refractivity contribution in [3.05, 3.63) is 69.3 Å². The number of benzene rings is 2. The molecule has 5 nitrogen and oxygen atoms in total. The maximum atomic E-state index is 13.3. The lowest BCUT2D eigenvalue weighted by Crippen LogP contribution is -2.29. The van der Waals surface area contributed by atoms with E-state index in [9.17, 15) is 23.7 Å². The van der Waals surface area contributed by atoms with E-state index in [2.05, 4.69) is 0 Å². The minimum atomic E-state index is -1.11. The Morgan fingerprint density at radius 3 is 2.59 bits per heavy atom. The fraction of sp³-hybridized carbons (Fsp3) is 0.133. The van der Waals surface area contributed by atoms with Gasteiger partial charge in [0, 0.05) is 24.2 Å². The van der Waals surface area contributed by atoms with Gasteiger partial charge in [0.1, 0.15) is 0 Å². The molecule has 1 aliphatic rings. The summed E-state index contributed by atoms with van der Waals surface area (Å²) in [4.78, 5) is 24.1. The molecule has 1 heterocycles. The number of amides is 1. The molecule has 0 atom stereocenters. The Morgan fingerprint density at radius 1 is 1.14 bits per heavy atom. The Hall–Kier alpha value is -2.83. The first-order valence-electron chi connectivity index (χ1n) is 6.51. The highest BCUT2D eigenvalue weighted by molar-refractivity contribution is 6.07. The Kier molecular flexibility index (Phi) is 3.32. The Morgan fingerprint density at radius 2 is 1.91 bits per heavy atom. The third-order valence-electron chi connectivity index (χ3n) is 3.59. The molecule has 2 aromatic rings. The molecule has 0 radical (unpaired) electrons. The van der Waals surface area contributed by atoms with Crippen molar-refractivity contribution in [3.63, 3.8) is 0 Å². The third kappa shape index (κ3) is 2.30. The SMILES string of the molecule is O=C(c1ccc(F)c(F)c1)N1CCc2ccc([N+](=O)[O-])cc21. The van der Waals surface area contributed by atoms with Crippen LogP contribution in [0.25, 0.3) is 0 Å². The van der Waals surface area contributed by atoms with Gasteiger partial charge in [-0.25, -0.2) is 8.78 Å². The molecule has 22 heavy (non-hydrogen) atoms. The lowest BCUT2D eigenvalue weighted by molar-refractivity contribution is -0.384. The molecule has 0 unspecified atom stereocenters. The molecule has 0 aliphatic carbocycles. The van der Waals surface area contributed by atoms with Gasteiger partial charge in [0.15, 0.2) is 11.6 Å². The predicted octanol–water partition coefficient (Wildman–Crippen LogP) is 3.08. The summed E-state index contributed by atoms with van der Waals surface area (Å²) in [5.41, 5.74) is 1.12. The topological polar surface area (TPSA) is 63.5 Å². The summed E-state index contributed by atoms with van der Waals surface area (Å²) < 4.78 is 26.2. The quantitative estimate of drug-likeness (QED) is 0.632. The van der Waals surface area contributed by atoms with E-state index in [0.29, 0.717) is 18.7 Å². The second-order valence-electron chi connectivity index (χ2n) is 4.91. The maximum Gasteiger partial charge on any atom is 0.271 e. The standard InChI is InChI=1S/C15H10F2N2O3/c16-12-4-2-10(7-13(12)17)15(20)18-6-5-9-1-3-11(19(21)22)8-14(9)18/h1-4,7-8H,5-6H2. The fourth-order valence-corrected chi connectivity index (χ4v) is 2.48. The van der Waals surface area contributed by atoms with Crippen LogP contribution in [0, 0.1) is 21.7 Å². The van der Waals surface area contributed by atoms with Crippen LogP contribution in [0.2, 0.25) is 0 Å². The first-order chi connectivity index (χ1) is 10.5. The second kappa shape index (κ2) is 5.18. The summed E-state index contributed by atoms with van der Waals surface area (Å²) in [7, 11) is 0. The molecule has 1 amide bonds. The van der Waals surface area contributed by atoms with Gasteiger partial charge in [0.2, 0.25) is 0 Å². The van der Waals surface area contributed by atoms with Crippen molar-refractivity contribution in [1.29, 1.82) is 0 Å². The molecule has 0 spiro atoms. The average molecular weight is 304 g/mol. The highest BCUT2D eigenvalue weighted by Gasteiger charge is 2.27. The number of nitro groups is 1. The van der Waals surface area contributed by atoms with Gasteiger partial charge in [-0.3, -0.25) is 14.9 Å². The van der Waals surface area contributed by atoms with Crippen LogP contribution < -0.4 is 4.90 Å². The van der Waals surface area contributed by atoms with Gasteiger partial charge in [-0.1, -0.05) is 6.07 Å². The summed E-state index contributed by atoms with van der Waals surface area (Å²) in [5.74, 6) is -2.66. The van der Waals surface area contributed by atoms with Crippen molar-refractivity contribution in [2.75, 3.05) is 11.4 Å². The van der Waals surface area contributed by atoms with Gasteiger partial charge < -0.3 is 4.90 Å². The summed E-state index contributed by atoms with van der Waals surface area (Å²) in [5, 5.41) is 10.8. The monoisotopic (exact) mass is 304 g/mol. The molecule has 0 saturated heterocycles. The number of rotatable bonds is 2. The Bertz CT molecular complexity index is 792. The van der Waals surface area contributed by atoms with Gasteiger partial charge in [-0.15, -0.1) is 0 Å². The van der Waals surface area contributed by atoms with Crippen LogP contribution in [0.3, 0.4) is 0 Å². The molecular weight excluding hydrogens is 294 g/mol. The van der Waals surface area contributed by atoms with Crippen LogP contribution in [0.5, 0.6) is 0 Å². The van der Waals surface area contributed by atoms with Crippen LogP contribution in [0.1, 0.15) is 15.9 Å². The van der Waals surface area contributed by atoms with E-state index >= 15 is 0 Å².